The van der Waals surface area contributed by atoms with E-state index in [1.165, 1.54) is 50.5 Å². The summed E-state index contributed by atoms with van der Waals surface area (Å²) in [5.41, 5.74) is 1.36. The van der Waals surface area contributed by atoms with Crippen molar-refractivity contribution in [3.8, 4) is 0 Å². The molecule has 2 N–H and O–H groups in total. The molecule has 2 heterocycles. The molecule has 2 fully saturated rings. The second kappa shape index (κ2) is 9.50. The van der Waals surface area contributed by atoms with Crippen LogP contribution in [0.2, 0.25) is 0 Å². The smallest absolute Gasteiger partial charge is 0.0445 e. The second-order valence-electron chi connectivity index (χ2n) is 7.59. The fraction of sp³-hybridized carbons (Fsp3) is 0.750. The molecule has 1 aliphatic carbocycles. The summed E-state index contributed by atoms with van der Waals surface area (Å²) in [5.74, 6) is 0.778. The molecule has 0 bridgehead atoms. The Morgan fingerprint density at radius 3 is 2.46 bits per heavy atom. The van der Waals surface area contributed by atoms with E-state index in [-0.39, 0.29) is 0 Å². The Morgan fingerprint density at radius 2 is 1.79 bits per heavy atom. The van der Waals surface area contributed by atoms with Gasteiger partial charge in [-0.1, -0.05) is 19.3 Å². The van der Waals surface area contributed by atoms with E-state index in [0.717, 1.165) is 32.0 Å². The molecule has 1 saturated carbocycles. The van der Waals surface area contributed by atoms with Crippen LogP contribution in [0.3, 0.4) is 0 Å². The van der Waals surface area contributed by atoms with Gasteiger partial charge in [0.2, 0.25) is 0 Å². The van der Waals surface area contributed by atoms with E-state index < -0.39 is 0 Å². The van der Waals surface area contributed by atoms with Gasteiger partial charge in [0.15, 0.2) is 0 Å². The number of rotatable bonds is 7. The quantitative estimate of drug-likeness (QED) is 0.806. The molecular formula is C20H33N3O. The summed E-state index contributed by atoms with van der Waals surface area (Å²) in [6.07, 6.45) is 14.0. The van der Waals surface area contributed by atoms with Crippen LogP contribution in [-0.4, -0.2) is 46.8 Å². The predicted molar refractivity (Wildman–Crippen MR) is 97.7 cm³/mol. The highest BCUT2D eigenvalue weighted by Crippen LogP contribution is 2.28. The Kier molecular flexibility index (Phi) is 7.06. The normalized spacial score (nSPS) is 22.5. The van der Waals surface area contributed by atoms with E-state index in [1.54, 1.807) is 0 Å². The molecule has 24 heavy (non-hydrogen) atoms. The molecule has 0 spiro atoms. The molecule has 1 aromatic rings. The minimum atomic E-state index is 0.315. The average molecular weight is 332 g/mol. The van der Waals surface area contributed by atoms with Crippen LogP contribution < -0.4 is 5.32 Å². The zero-order valence-electron chi connectivity index (χ0n) is 14.9. The van der Waals surface area contributed by atoms with Gasteiger partial charge in [-0.15, -0.1) is 0 Å². The first kappa shape index (κ1) is 17.8. The molecule has 134 valence electrons. The Morgan fingerprint density at radius 1 is 1.08 bits per heavy atom. The van der Waals surface area contributed by atoms with Crippen LogP contribution in [0.15, 0.2) is 24.5 Å². The minimum absolute atomic E-state index is 0.315. The summed E-state index contributed by atoms with van der Waals surface area (Å²) >= 11 is 0. The third-order valence-electron chi connectivity index (χ3n) is 5.85. The lowest BCUT2D eigenvalue weighted by Crippen LogP contribution is -2.49. The summed E-state index contributed by atoms with van der Waals surface area (Å²) in [6, 6.07) is 5.37. The number of aliphatic hydroxyl groups is 1. The number of piperidine rings is 1. The van der Waals surface area contributed by atoms with Crippen molar-refractivity contribution in [3.05, 3.63) is 30.1 Å². The molecule has 0 aromatic carbocycles. The molecule has 1 unspecified atom stereocenters. The first-order valence-electron chi connectivity index (χ1n) is 9.83. The highest BCUT2D eigenvalue weighted by Gasteiger charge is 2.27. The lowest BCUT2D eigenvalue weighted by molar-refractivity contribution is 0.152. The Balaban J connectivity index is 1.44. The summed E-state index contributed by atoms with van der Waals surface area (Å²) in [4.78, 5) is 6.65. The maximum Gasteiger partial charge on any atom is 0.0445 e. The fourth-order valence-electron chi connectivity index (χ4n) is 4.44. The summed E-state index contributed by atoms with van der Waals surface area (Å²) in [6.45, 7) is 3.68. The molecule has 2 aliphatic rings. The van der Waals surface area contributed by atoms with Gasteiger partial charge in [0.1, 0.15) is 0 Å². The van der Waals surface area contributed by atoms with Gasteiger partial charge in [-0.3, -0.25) is 9.88 Å². The van der Waals surface area contributed by atoms with Gasteiger partial charge in [0, 0.05) is 37.6 Å². The molecular weight excluding hydrogens is 298 g/mol. The molecule has 1 aliphatic heterocycles. The first-order chi connectivity index (χ1) is 11.8. The van der Waals surface area contributed by atoms with Crippen molar-refractivity contribution < 1.29 is 5.11 Å². The van der Waals surface area contributed by atoms with E-state index >= 15 is 0 Å². The molecule has 3 rings (SSSR count). The van der Waals surface area contributed by atoms with Crippen molar-refractivity contribution in [3.63, 3.8) is 0 Å². The van der Waals surface area contributed by atoms with Crippen LogP contribution >= 0.6 is 0 Å². The van der Waals surface area contributed by atoms with E-state index in [0.29, 0.717) is 18.7 Å². The van der Waals surface area contributed by atoms with Crippen molar-refractivity contribution in [2.75, 3.05) is 19.7 Å². The van der Waals surface area contributed by atoms with Crippen LogP contribution in [0.1, 0.15) is 56.9 Å². The molecule has 0 amide bonds. The number of pyridine rings is 1. The first-order valence-corrected chi connectivity index (χ1v) is 9.83. The van der Waals surface area contributed by atoms with Crippen molar-refractivity contribution in [1.29, 1.82) is 0 Å². The topological polar surface area (TPSA) is 48.4 Å². The monoisotopic (exact) mass is 331 g/mol. The lowest BCUT2D eigenvalue weighted by atomic mass is 9.82. The zero-order valence-corrected chi connectivity index (χ0v) is 14.9. The molecule has 1 saturated heterocycles. The zero-order chi connectivity index (χ0) is 16.6. The highest BCUT2D eigenvalue weighted by atomic mass is 16.3. The minimum Gasteiger partial charge on any atom is -0.396 e. The number of hydrogen-bond donors (Lipinski definition) is 2. The van der Waals surface area contributed by atoms with Gasteiger partial charge in [0.05, 0.1) is 0 Å². The molecule has 4 nitrogen and oxygen atoms in total. The fourth-order valence-corrected chi connectivity index (χ4v) is 4.44. The van der Waals surface area contributed by atoms with E-state index in [2.05, 4.69) is 27.3 Å². The van der Waals surface area contributed by atoms with Gasteiger partial charge in [-0.25, -0.2) is 0 Å². The van der Waals surface area contributed by atoms with Crippen molar-refractivity contribution >= 4 is 0 Å². The number of nitrogens with one attached hydrogen (secondary N) is 1. The Labute approximate surface area is 146 Å². The van der Waals surface area contributed by atoms with Crippen LogP contribution in [0.5, 0.6) is 0 Å². The van der Waals surface area contributed by atoms with E-state index in [1.807, 2.05) is 12.4 Å². The standard InChI is InChI=1S/C20H33N3O/c24-15-10-20(18-4-2-1-3-5-18)22-19-8-13-23(14-9-19)16-17-6-11-21-12-7-17/h6-7,11-12,18-20,22,24H,1-5,8-10,13-16H2. The Hall–Kier alpha value is -0.970. The van der Waals surface area contributed by atoms with Crippen LogP contribution in [0.4, 0.5) is 0 Å². The van der Waals surface area contributed by atoms with Gasteiger partial charge >= 0.3 is 0 Å². The van der Waals surface area contributed by atoms with Crippen molar-refractivity contribution in [1.82, 2.24) is 15.2 Å². The number of aliphatic hydroxyl groups excluding tert-OH is 1. The Bertz CT molecular complexity index is 453. The maximum atomic E-state index is 9.45. The van der Waals surface area contributed by atoms with Gasteiger partial charge < -0.3 is 10.4 Å². The molecule has 1 aromatic heterocycles. The largest absolute Gasteiger partial charge is 0.396 e. The average Bonchev–Trinajstić information content (AvgIpc) is 2.64. The summed E-state index contributed by atoms with van der Waals surface area (Å²) < 4.78 is 0. The number of nitrogens with zero attached hydrogens (tertiary/aromatic N) is 2. The highest BCUT2D eigenvalue weighted by molar-refractivity contribution is 5.09. The third kappa shape index (κ3) is 5.27. The van der Waals surface area contributed by atoms with E-state index in [4.69, 9.17) is 0 Å². The number of hydrogen-bond acceptors (Lipinski definition) is 4. The summed E-state index contributed by atoms with van der Waals surface area (Å²) in [5, 5.41) is 13.4. The van der Waals surface area contributed by atoms with Crippen LogP contribution in [-0.2, 0) is 6.54 Å². The summed E-state index contributed by atoms with van der Waals surface area (Å²) in [7, 11) is 0. The molecule has 0 radical (unpaired) electrons. The van der Waals surface area contributed by atoms with Crippen molar-refractivity contribution in [2.45, 2.75) is 70.0 Å². The van der Waals surface area contributed by atoms with Crippen LogP contribution in [0.25, 0.3) is 0 Å². The molecule has 1 atom stereocenters. The predicted octanol–water partition coefficient (Wildman–Crippen LogP) is 2.97. The van der Waals surface area contributed by atoms with Crippen LogP contribution in [0, 0.1) is 5.92 Å². The van der Waals surface area contributed by atoms with Gasteiger partial charge in [0.25, 0.3) is 0 Å². The lowest BCUT2D eigenvalue weighted by Gasteiger charge is -2.38. The maximum absolute atomic E-state index is 9.45. The third-order valence-corrected chi connectivity index (χ3v) is 5.85. The SMILES string of the molecule is OCCC(NC1CCN(Cc2ccncc2)CC1)C1CCCCC1. The number of likely N-dealkylation sites (tertiary alicyclic amines) is 1. The van der Waals surface area contributed by atoms with E-state index in [9.17, 15) is 5.11 Å². The second-order valence-corrected chi connectivity index (χ2v) is 7.59. The molecule has 4 heteroatoms. The number of aromatic nitrogens is 1. The van der Waals surface area contributed by atoms with Gasteiger partial charge in [-0.05, 0) is 68.8 Å². The van der Waals surface area contributed by atoms with Crippen molar-refractivity contribution in [2.24, 2.45) is 5.92 Å². The van der Waals surface area contributed by atoms with Gasteiger partial charge in [-0.2, -0.15) is 0 Å².